The average molecular weight is 267 g/mol. The molecule has 0 aromatic heterocycles. The fraction of sp³-hybridized carbons (Fsp3) is 0.333. The van der Waals surface area contributed by atoms with Crippen LogP contribution in [0.1, 0.15) is 5.56 Å². The standard InChI is InChI=1S/C9H14N2O3S.ClH/c10-9(7-14-15(11,12)13)6-8-4-2-1-3-5-8;/h1-5,9H,6-7,10H2,(H2,11,12,13);1H. The van der Waals surface area contributed by atoms with Crippen LogP contribution < -0.4 is 10.9 Å². The van der Waals surface area contributed by atoms with Crippen LogP contribution >= 0.6 is 12.4 Å². The van der Waals surface area contributed by atoms with Crippen LogP contribution in [0.2, 0.25) is 0 Å². The van der Waals surface area contributed by atoms with Crippen molar-refractivity contribution < 1.29 is 12.6 Å². The zero-order valence-corrected chi connectivity index (χ0v) is 10.2. The normalized spacial score (nSPS) is 12.9. The maximum Gasteiger partial charge on any atom is 0.333 e. The second-order valence-electron chi connectivity index (χ2n) is 3.23. The average Bonchev–Trinajstić information content (AvgIpc) is 2.15. The molecule has 0 aliphatic rings. The first kappa shape index (κ1) is 15.3. The number of hydrogen-bond acceptors (Lipinski definition) is 4. The van der Waals surface area contributed by atoms with Crippen LogP contribution in [0.4, 0.5) is 0 Å². The van der Waals surface area contributed by atoms with Gasteiger partial charge in [0.15, 0.2) is 0 Å². The summed E-state index contributed by atoms with van der Waals surface area (Å²) < 4.78 is 25.4. The highest BCUT2D eigenvalue weighted by molar-refractivity contribution is 7.84. The second kappa shape index (κ2) is 6.82. The van der Waals surface area contributed by atoms with E-state index < -0.39 is 10.3 Å². The van der Waals surface area contributed by atoms with Gasteiger partial charge in [0.25, 0.3) is 0 Å². The molecule has 1 unspecified atom stereocenters. The Balaban J connectivity index is 0.00000225. The number of rotatable bonds is 5. The molecule has 0 fully saturated rings. The largest absolute Gasteiger partial charge is 0.333 e. The lowest BCUT2D eigenvalue weighted by Gasteiger charge is -2.10. The Morgan fingerprint density at radius 1 is 1.25 bits per heavy atom. The quantitative estimate of drug-likeness (QED) is 0.796. The fourth-order valence-corrected chi connectivity index (χ4v) is 1.52. The van der Waals surface area contributed by atoms with Gasteiger partial charge in [-0.25, -0.2) is 5.14 Å². The van der Waals surface area contributed by atoms with Crippen molar-refractivity contribution >= 4 is 22.7 Å². The molecule has 0 aliphatic heterocycles. The molecule has 0 spiro atoms. The van der Waals surface area contributed by atoms with Crippen LogP contribution in [0.15, 0.2) is 30.3 Å². The molecule has 0 amide bonds. The summed E-state index contributed by atoms with van der Waals surface area (Å²) in [6, 6.07) is 9.12. The van der Waals surface area contributed by atoms with Gasteiger partial charge >= 0.3 is 10.3 Å². The summed E-state index contributed by atoms with van der Waals surface area (Å²) >= 11 is 0. The predicted molar refractivity (Wildman–Crippen MR) is 64.4 cm³/mol. The highest BCUT2D eigenvalue weighted by Gasteiger charge is 2.08. The molecule has 1 rings (SSSR count). The van der Waals surface area contributed by atoms with Gasteiger partial charge in [-0.05, 0) is 12.0 Å². The molecule has 0 saturated carbocycles. The van der Waals surface area contributed by atoms with Gasteiger partial charge in [-0.1, -0.05) is 30.3 Å². The van der Waals surface area contributed by atoms with Crippen LogP contribution in [0.25, 0.3) is 0 Å². The monoisotopic (exact) mass is 266 g/mol. The van der Waals surface area contributed by atoms with Gasteiger partial charge in [0, 0.05) is 6.04 Å². The van der Waals surface area contributed by atoms with Gasteiger partial charge in [0.2, 0.25) is 0 Å². The molecule has 1 aromatic rings. The Kier molecular flexibility index (Phi) is 6.54. The third kappa shape index (κ3) is 6.76. The Labute approximate surface area is 101 Å². The highest BCUT2D eigenvalue weighted by Crippen LogP contribution is 2.02. The molecule has 5 nitrogen and oxygen atoms in total. The van der Waals surface area contributed by atoms with Gasteiger partial charge in [-0.2, -0.15) is 8.42 Å². The third-order valence-electron chi connectivity index (χ3n) is 1.79. The van der Waals surface area contributed by atoms with E-state index in [0.717, 1.165) is 5.56 Å². The summed E-state index contributed by atoms with van der Waals surface area (Å²) in [5.74, 6) is 0. The van der Waals surface area contributed by atoms with Gasteiger partial charge in [-0.3, -0.25) is 4.18 Å². The van der Waals surface area contributed by atoms with Crippen molar-refractivity contribution in [1.82, 2.24) is 0 Å². The highest BCUT2D eigenvalue weighted by atomic mass is 35.5. The lowest BCUT2D eigenvalue weighted by molar-refractivity contribution is 0.291. The summed E-state index contributed by atoms with van der Waals surface area (Å²) in [5.41, 5.74) is 6.70. The minimum Gasteiger partial charge on any atom is -0.325 e. The van der Waals surface area contributed by atoms with E-state index in [9.17, 15) is 8.42 Å². The van der Waals surface area contributed by atoms with Crippen molar-refractivity contribution in [3.05, 3.63) is 35.9 Å². The van der Waals surface area contributed by atoms with Gasteiger partial charge in [-0.15, -0.1) is 12.4 Å². The predicted octanol–water partition coefficient (Wildman–Crippen LogP) is 0.198. The first-order chi connectivity index (χ1) is 6.97. The van der Waals surface area contributed by atoms with Crippen LogP contribution in [-0.4, -0.2) is 21.1 Å². The van der Waals surface area contributed by atoms with E-state index in [4.69, 9.17) is 5.73 Å². The minimum absolute atomic E-state index is 0. The van der Waals surface area contributed by atoms with Gasteiger partial charge < -0.3 is 5.73 Å². The van der Waals surface area contributed by atoms with E-state index in [2.05, 4.69) is 9.32 Å². The molecule has 0 saturated heterocycles. The maximum absolute atomic E-state index is 10.5. The molecule has 92 valence electrons. The van der Waals surface area contributed by atoms with Crippen molar-refractivity contribution in [3.63, 3.8) is 0 Å². The number of nitrogens with two attached hydrogens (primary N) is 2. The molecule has 4 N–H and O–H groups in total. The molecule has 1 atom stereocenters. The Morgan fingerprint density at radius 3 is 2.31 bits per heavy atom. The summed E-state index contributed by atoms with van der Waals surface area (Å²) in [5, 5.41) is 4.67. The lowest BCUT2D eigenvalue weighted by Crippen LogP contribution is -2.31. The molecular formula is C9H15ClN2O3S. The van der Waals surface area contributed by atoms with Crippen molar-refractivity contribution in [1.29, 1.82) is 0 Å². The number of benzene rings is 1. The first-order valence-corrected chi connectivity index (χ1v) is 5.91. The molecular weight excluding hydrogens is 252 g/mol. The van der Waals surface area contributed by atoms with Crippen molar-refractivity contribution in [3.8, 4) is 0 Å². The summed E-state index contributed by atoms with van der Waals surface area (Å²) in [7, 11) is -3.89. The van der Waals surface area contributed by atoms with Crippen LogP contribution in [0.5, 0.6) is 0 Å². The molecule has 1 aromatic carbocycles. The van der Waals surface area contributed by atoms with Crippen molar-refractivity contribution in [2.24, 2.45) is 10.9 Å². The SMILES string of the molecule is Cl.NC(COS(N)(=O)=O)Cc1ccccc1. The maximum atomic E-state index is 10.5. The molecule has 0 aliphatic carbocycles. The van der Waals surface area contributed by atoms with E-state index in [1.807, 2.05) is 30.3 Å². The molecule has 0 heterocycles. The van der Waals surface area contributed by atoms with E-state index in [1.54, 1.807) is 0 Å². The van der Waals surface area contributed by atoms with Crippen LogP contribution in [0, 0.1) is 0 Å². The summed E-state index contributed by atoms with van der Waals surface area (Å²) in [4.78, 5) is 0. The summed E-state index contributed by atoms with van der Waals surface area (Å²) in [6.45, 7) is -0.103. The molecule has 16 heavy (non-hydrogen) atoms. The Morgan fingerprint density at radius 2 is 1.81 bits per heavy atom. The Bertz CT molecular complexity index is 396. The molecule has 0 radical (unpaired) electrons. The van der Waals surface area contributed by atoms with Crippen molar-refractivity contribution in [2.75, 3.05) is 6.61 Å². The topological polar surface area (TPSA) is 95.4 Å². The van der Waals surface area contributed by atoms with E-state index >= 15 is 0 Å². The van der Waals surface area contributed by atoms with E-state index in [-0.39, 0.29) is 25.1 Å². The lowest BCUT2D eigenvalue weighted by atomic mass is 10.1. The van der Waals surface area contributed by atoms with Crippen LogP contribution in [-0.2, 0) is 20.9 Å². The molecule has 7 heteroatoms. The number of halogens is 1. The zero-order chi connectivity index (χ0) is 11.3. The van der Waals surface area contributed by atoms with Gasteiger partial charge in [0.1, 0.15) is 0 Å². The Hall–Kier alpha value is -0.660. The summed E-state index contributed by atoms with van der Waals surface area (Å²) in [6.07, 6.45) is 0.552. The minimum atomic E-state index is -3.89. The second-order valence-corrected chi connectivity index (χ2v) is 4.45. The number of hydrogen-bond donors (Lipinski definition) is 2. The van der Waals surface area contributed by atoms with Gasteiger partial charge in [0.05, 0.1) is 6.61 Å². The molecule has 0 bridgehead atoms. The fourth-order valence-electron chi connectivity index (χ4n) is 1.16. The third-order valence-corrected chi connectivity index (χ3v) is 2.25. The van der Waals surface area contributed by atoms with E-state index in [0.29, 0.717) is 6.42 Å². The van der Waals surface area contributed by atoms with E-state index in [1.165, 1.54) is 0 Å². The zero-order valence-electron chi connectivity index (χ0n) is 8.57. The van der Waals surface area contributed by atoms with Crippen molar-refractivity contribution in [2.45, 2.75) is 12.5 Å². The first-order valence-electron chi connectivity index (χ1n) is 4.44. The van der Waals surface area contributed by atoms with Crippen LogP contribution in [0.3, 0.4) is 0 Å². The smallest absolute Gasteiger partial charge is 0.325 e.